The number of hydrogen-bond donors (Lipinski definition) is 0. The van der Waals surface area contributed by atoms with E-state index in [0.717, 1.165) is 18.6 Å². The summed E-state index contributed by atoms with van der Waals surface area (Å²) in [6.07, 6.45) is 1.36. The Labute approximate surface area is 134 Å². The summed E-state index contributed by atoms with van der Waals surface area (Å²) in [5, 5.41) is 0. The van der Waals surface area contributed by atoms with E-state index in [2.05, 4.69) is 0 Å². The Morgan fingerprint density at radius 2 is 2.17 bits per heavy atom. The van der Waals surface area contributed by atoms with Crippen molar-refractivity contribution >= 4 is 15.7 Å². The first-order valence-electron chi connectivity index (χ1n) is 7.39. The van der Waals surface area contributed by atoms with Crippen LogP contribution in [0.2, 0.25) is 0 Å². The second-order valence-corrected chi connectivity index (χ2v) is 7.26. The van der Waals surface area contributed by atoms with Crippen LogP contribution >= 0.6 is 0 Å². The van der Waals surface area contributed by atoms with Crippen molar-refractivity contribution in [2.75, 3.05) is 19.7 Å². The van der Waals surface area contributed by atoms with Crippen LogP contribution in [0.3, 0.4) is 0 Å². The standard InChI is InChI=1S/C15H19F2NO4S/c1-2-12-10-18(7-4-8-22-12)14(19)11-5-3-6-13(9-11)23(20,21)15(16)17/h3,5-6,9,12,15H,2,4,7-8,10H2,1H3. The Morgan fingerprint density at radius 1 is 1.43 bits per heavy atom. The van der Waals surface area contributed by atoms with Crippen LogP contribution in [0.1, 0.15) is 30.1 Å². The highest BCUT2D eigenvalue weighted by Gasteiger charge is 2.28. The zero-order valence-electron chi connectivity index (χ0n) is 12.7. The van der Waals surface area contributed by atoms with Crippen LogP contribution in [-0.4, -0.2) is 50.8 Å². The fourth-order valence-electron chi connectivity index (χ4n) is 2.42. The van der Waals surface area contributed by atoms with Gasteiger partial charge in [-0.2, -0.15) is 8.78 Å². The van der Waals surface area contributed by atoms with Gasteiger partial charge in [0.2, 0.25) is 9.84 Å². The van der Waals surface area contributed by atoms with Gasteiger partial charge in [-0.3, -0.25) is 4.79 Å². The van der Waals surface area contributed by atoms with Gasteiger partial charge < -0.3 is 9.64 Å². The Hall–Kier alpha value is -1.54. The van der Waals surface area contributed by atoms with Crippen LogP contribution in [0.25, 0.3) is 0 Å². The lowest BCUT2D eigenvalue weighted by Gasteiger charge is -2.23. The normalized spacial score (nSPS) is 19.7. The molecule has 0 bridgehead atoms. The second kappa shape index (κ2) is 7.35. The molecule has 0 N–H and O–H groups in total. The van der Waals surface area contributed by atoms with Gasteiger partial charge in [-0.15, -0.1) is 0 Å². The van der Waals surface area contributed by atoms with Gasteiger partial charge in [0.15, 0.2) is 0 Å². The molecule has 1 aliphatic rings. The Bertz CT molecular complexity index is 663. The van der Waals surface area contributed by atoms with Crippen molar-refractivity contribution in [2.24, 2.45) is 0 Å². The average Bonchev–Trinajstić information content (AvgIpc) is 2.79. The zero-order valence-corrected chi connectivity index (χ0v) is 13.6. The van der Waals surface area contributed by atoms with E-state index in [9.17, 15) is 22.0 Å². The lowest BCUT2D eigenvalue weighted by Crippen LogP contribution is -2.36. The van der Waals surface area contributed by atoms with E-state index in [-0.39, 0.29) is 17.6 Å². The Balaban J connectivity index is 2.26. The number of sulfone groups is 1. The molecule has 5 nitrogen and oxygen atoms in total. The highest BCUT2D eigenvalue weighted by Crippen LogP contribution is 2.21. The molecule has 8 heteroatoms. The van der Waals surface area contributed by atoms with Crippen LogP contribution in [0.5, 0.6) is 0 Å². The predicted octanol–water partition coefficient (Wildman–Crippen LogP) is 2.32. The molecule has 2 rings (SSSR count). The molecule has 1 amide bonds. The van der Waals surface area contributed by atoms with E-state index in [0.29, 0.717) is 26.1 Å². The summed E-state index contributed by atoms with van der Waals surface area (Å²) >= 11 is 0. The third-order valence-electron chi connectivity index (χ3n) is 3.74. The molecule has 1 fully saturated rings. The van der Waals surface area contributed by atoms with Crippen molar-refractivity contribution in [2.45, 2.75) is 36.5 Å². The molecule has 0 aromatic heterocycles. The van der Waals surface area contributed by atoms with Crippen LogP contribution < -0.4 is 0 Å². The maximum Gasteiger partial charge on any atom is 0.341 e. The van der Waals surface area contributed by atoms with Gasteiger partial charge in [0, 0.05) is 25.3 Å². The van der Waals surface area contributed by atoms with Crippen molar-refractivity contribution in [3.63, 3.8) is 0 Å². The summed E-state index contributed by atoms with van der Waals surface area (Å²) in [4.78, 5) is 13.6. The summed E-state index contributed by atoms with van der Waals surface area (Å²) in [5.74, 6) is -3.89. The SMILES string of the molecule is CCC1CN(C(=O)c2cccc(S(=O)(=O)C(F)F)c2)CCCO1. The van der Waals surface area contributed by atoms with Crippen LogP contribution in [-0.2, 0) is 14.6 Å². The molecule has 1 atom stereocenters. The molecule has 0 radical (unpaired) electrons. The number of ether oxygens (including phenoxy) is 1. The average molecular weight is 347 g/mol. The number of nitrogens with zero attached hydrogens (tertiary/aromatic N) is 1. The first-order chi connectivity index (χ1) is 10.9. The summed E-state index contributed by atoms with van der Waals surface area (Å²) in [7, 11) is -4.72. The van der Waals surface area contributed by atoms with E-state index in [1.807, 2.05) is 6.92 Å². The summed E-state index contributed by atoms with van der Waals surface area (Å²) in [5.41, 5.74) is 0.0866. The summed E-state index contributed by atoms with van der Waals surface area (Å²) < 4.78 is 53.9. The fraction of sp³-hybridized carbons (Fsp3) is 0.533. The van der Waals surface area contributed by atoms with Crippen LogP contribution in [0.15, 0.2) is 29.2 Å². The molecule has 1 aromatic carbocycles. The maximum atomic E-state index is 12.6. The third kappa shape index (κ3) is 4.06. The van der Waals surface area contributed by atoms with Crippen molar-refractivity contribution < 1.29 is 26.7 Å². The van der Waals surface area contributed by atoms with Gasteiger partial charge in [0.25, 0.3) is 5.91 Å². The van der Waals surface area contributed by atoms with E-state index < -0.39 is 20.5 Å². The van der Waals surface area contributed by atoms with Crippen LogP contribution in [0, 0.1) is 0 Å². The minimum absolute atomic E-state index is 0.0746. The zero-order chi connectivity index (χ0) is 17.0. The van der Waals surface area contributed by atoms with Gasteiger partial charge in [-0.1, -0.05) is 13.0 Å². The fourth-order valence-corrected chi connectivity index (χ4v) is 3.18. The van der Waals surface area contributed by atoms with E-state index >= 15 is 0 Å². The first kappa shape index (κ1) is 17.8. The van der Waals surface area contributed by atoms with Gasteiger partial charge in [0.1, 0.15) is 0 Å². The molecular weight excluding hydrogens is 328 g/mol. The van der Waals surface area contributed by atoms with Crippen molar-refractivity contribution in [3.8, 4) is 0 Å². The summed E-state index contributed by atoms with van der Waals surface area (Å²) in [6, 6.07) is 4.81. The lowest BCUT2D eigenvalue weighted by atomic mass is 10.1. The molecule has 128 valence electrons. The van der Waals surface area contributed by atoms with Crippen molar-refractivity contribution in [1.29, 1.82) is 0 Å². The van der Waals surface area contributed by atoms with E-state index in [1.54, 1.807) is 4.90 Å². The first-order valence-corrected chi connectivity index (χ1v) is 8.94. The number of rotatable bonds is 4. The Morgan fingerprint density at radius 3 is 2.83 bits per heavy atom. The number of halogens is 2. The smallest absolute Gasteiger partial charge is 0.341 e. The number of carbonyl (C=O) groups is 1. The molecule has 0 saturated carbocycles. The van der Waals surface area contributed by atoms with Crippen molar-refractivity contribution in [1.82, 2.24) is 4.90 Å². The van der Waals surface area contributed by atoms with Crippen LogP contribution in [0.4, 0.5) is 8.78 Å². The molecule has 23 heavy (non-hydrogen) atoms. The quantitative estimate of drug-likeness (QED) is 0.839. The molecule has 0 aliphatic carbocycles. The highest BCUT2D eigenvalue weighted by molar-refractivity contribution is 7.91. The maximum absolute atomic E-state index is 12.6. The van der Waals surface area contributed by atoms with Gasteiger partial charge >= 0.3 is 5.76 Å². The molecule has 1 saturated heterocycles. The van der Waals surface area contributed by atoms with Crippen molar-refractivity contribution in [3.05, 3.63) is 29.8 Å². The monoisotopic (exact) mass is 347 g/mol. The van der Waals surface area contributed by atoms with E-state index in [4.69, 9.17) is 4.74 Å². The number of hydrogen-bond acceptors (Lipinski definition) is 4. The minimum Gasteiger partial charge on any atom is -0.376 e. The number of carbonyl (C=O) groups excluding carboxylic acids is 1. The number of amides is 1. The molecule has 0 spiro atoms. The predicted molar refractivity (Wildman–Crippen MR) is 80.2 cm³/mol. The lowest BCUT2D eigenvalue weighted by molar-refractivity contribution is 0.0460. The number of benzene rings is 1. The van der Waals surface area contributed by atoms with Gasteiger partial charge in [-0.25, -0.2) is 8.42 Å². The Kier molecular flexibility index (Phi) is 5.69. The second-order valence-electron chi connectivity index (χ2n) is 5.34. The molecule has 1 aliphatic heterocycles. The van der Waals surface area contributed by atoms with Gasteiger partial charge in [-0.05, 0) is 31.0 Å². The minimum atomic E-state index is -4.72. The molecule has 1 unspecified atom stereocenters. The topological polar surface area (TPSA) is 63.7 Å². The van der Waals surface area contributed by atoms with Gasteiger partial charge in [0.05, 0.1) is 11.0 Å². The number of alkyl halides is 2. The highest BCUT2D eigenvalue weighted by atomic mass is 32.2. The molecule has 1 heterocycles. The summed E-state index contributed by atoms with van der Waals surface area (Å²) in [6.45, 7) is 3.40. The largest absolute Gasteiger partial charge is 0.376 e. The molecular formula is C15H19F2NO4S. The van der Waals surface area contributed by atoms with E-state index in [1.165, 1.54) is 12.1 Å². The third-order valence-corrected chi connectivity index (χ3v) is 5.12. The molecule has 1 aromatic rings.